The third-order valence-electron chi connectivity index (χ3n) is 6.31. The Balaban J connectivity index is 1.43. The van der Waals surface area contributed by atoms with Crippen LogP contribution in [0.25, 0.3) is 0 Å². The lowest BCUT2D eigenvalue weighted by atomic mass is 10.0. The second-order valence-electron chi connectivity index (χ2n) is 9.03. The minimum atomic E-state index is -0.246. The van der Waals surface area contributed by atoms with Gasteiger partial charge in [-0.25, -0.2) is 0 Å². The molecule has 4 rings (SSSR count). The summed E-state index contributed by atoms with van der Waals surface area (Å²) in [4.78, 5) is 33.5. The number of aryl methyl sites for hydroxylation is 2. The molecule has 0 aliphatic carbocycles. The van der Waals surface area contributed by atoms with Gasteiger partial charge in [-0.15, -0.1) is 0 Å². The topological polar surface area (TPSA) is 62.7 Å². The van der Waals surface area contributed by atoms with Crippen molar-refractivity contribution in [3.05, 3.63) is 64.5 Å². The number of aromatic nitrogens is 1. The maximum atomic E-state index is 13.0. The predicted molar refractivity (Wildman–Crippen MR) is 123 cm³/mol. The van der Waals surface area contributed by atoms with Crippen molar-refractivity contribution in [2.75, 3.05) is 32.8 Å². The van der Waals surface area contributed by atoms with E-state index in [0.29, 0.717) is 32.7 Å². The van der Waals surface area contributed by atoms with E-state index in [1.807, 2.05) is 11.8 Å². The summed E-state index contributed by atoms with van der Waals surface area (Å²) in [6.45, 7) is 6.45. The molecule has 0 unspecified atom stereocenters. The SMILES string of the molecule is Cc1ccc(Cc2cc(C)nc([C@@H]3CN(C(=O)CN4CCCCCC4=O)CCO3)c2)cc1. The van der Waals surface area contributed by atoms with Crippen LogP contribution in [0.1, 0.15) is 59.9 Å². The van der Waals surface area contributed by atoms with Gasteiger partial charge in [-0.1, -0.05) is 36.2 Å². The van der Waals surface area contributed by atoms with Crippen LogP contribution in [0.5, 0.6) is 0 Å². The number of carbonyl (C=O) groups excluding carboxylic acids is 2. The van der Waals surface area contributed by atoms with Crippen molar-refractivity contribution < 1.29 is 14.3 Å². The van der Waals surface area contributed by atoms with Gasteiger partial charge < -0.3 is 14.5 Å². The Morgan fingerprint density at radius 1 is 1.06 bits per heavy atom. The van der Waals surface area contributed by atoms with Crippen molar-refractivity contribution in [3.63, 3.8) is 0 Å². The number of likely N-dealkylation sites (tertiary alicyclic amines) is 1. The van der Waals surface area contributed by atoms with Gasteiger partial charge in [-0.2, -0.15) is 0 Å². The van der Waals surface area contributed by atoms with Gasteiger partial charge in [0.2, 0.25) is 11.8 Å². The highest BCUT2D eigenvalue weighted by atomic mass is 16.5. The fraction of sp³-hybridized carbons (Fsp3) is 0.500. The molecule has 2 saturated heterocycles. The number of benzene rings is 1. The van der Waals surface area contributed by atoms with E-state index in [4.69, 9.17) is 9.72 Å². The average Bonchev–Trinajstić information content (AvgIpc) is 2.99. The summed E-state index contributed by atoms with van der Waals surface area (Å²) in [5.41, 5.74) is 5.53. The summed E-state index contributed by atoms with van der Waals surface area (Å²) in [5, 5.41) is 0. The Morgan fingerprint density at radius 3 is 2.69 bits per heavy atom. The van der Waals surface area contributed by atoms with Crippen LogP contribution in [-0.4, -0.2) is 59.4 Å². The van der Waals surface area contributed by atoms with Crippen molar-refractivity contribution in [2.24, 2.45) is 0 Å². The fourth-order valence-corrected chi connectivity index (χ4v) is 4.50. The molecule has 3 heterocycles. The van der Waals surface area contributed by atoms with E-state index in [2.05, 4.69) is 43.3 Å². The fourth-order valence-electron chi connectivity index (χ4n) is 4.50. The van der Waals surface area contributed by atoms with E-state index < -0.39 is 0 Å². The smallest absolute Gasteiger partial charge is 0.242 e. The lowest BCUT2D eigenvalue weighted by molar-refractivity contribution is -0.145. The van der Waals surface area contributed by atoms with E-state index >= 15 is 0 Å². The number of rotatable bonds is 5. The standard InChI is InChI=1S/C26H33N3O3/c1-19-7-9-21(10-8-19)15-22-14-20(2)27-23(16-22)24-17-29(12-13-32-24)26(31)18-28-11-5-3-4-6-25(28)30/h7-10,14,16,24H,3-6,11-13,15,17-18H2,1-2H3/t24-/m0/s1. The van der Waals surface area contributed by atoms with E-state index in [1.165, 1.54) is 16.7 Å². The first-order valence-electron chi connectivity index (χ1n) is 11.7. The highest BCUT2D eigenvalue weighted by Crippen LogP contribution is 2.24. The third-order valence-corrected chi connectivity index (χ3v) is 6.31. The number of nitrogens with zero attached hydrogens (tertiary/aromatic N) is 3. The molecular formula is C26H33N3O3. The monoisotopic (exact) mass is 435 g/mol. The van der Waals surface area contributed by atoms with Crippen LogP contribution >= 0.6 is 0 Å². The van der Waals surface area contributed by atoms with Crippen LogP contribution < -0.4 is 0 Å². The molecule has 1 atom stereocenters. The van der Waals surface area contributed by atoms with E-state index in [1.54, 1.807) is 4.90 Å². The molecule has 1 aromatic carbocycles. The molecule has 0 bridgehead atoms. The van der Waals surface area contributed by atoms with Crippen molar-refractivity contribution in [1.29, 1.82) is 0 Å². The number of morpholine rings is 1. The van der Waals surface area contributed by atoms with Crippen molar-refractivity contribution in [2.45, 2.75) is 52.1 Å². The van der Waals surface area contributed by atoms with Crippen LogP contribution in [0.2, 0.25) is 0 Å². The largest absolute Gasteiger partial charge is 0.368 e. The summed E-state index contributed by atoms with van der Waals surface area (Å²) in [6, 6.07) is 12.8. The summed E-state index contributed by atoms with van der Waals surface area (Å²) in [7, 11) is 0. The lowest BCUT2D eigenvalue weighted by Gasteiger charge is -2.34. The number of amides is 2. The first-order valence-corrected chi connectivity index (χ1v) is 11.7. The van der Waals surface area contributed by atoms with Crippen LogP contribution in [0.15, 0.2) is 36.4 Å². The van der Waals surface area contributed by atoms with Gasteiger partial charge in [0.1, 0.15) is 6.10 Å². The minimum absolute atomic E-state index is 0.00100. The number of hydrogen-bond acceptors (Lipinski definition) is 4. The molecule has 2 fully saturated rings. The highest BCUT2D eigenvalue weighted by molar-refractivity contribution is 5.85. The van der Waals surface area contributed by atoms with Gasteiger partial charge in [-0.05, 0) is 56.4 Å². The Kier molecular flexibility index (Phi) is 7.20. The molecular weight excluding hydrogens is 402 g/mol. The van der Waals surface area contributed by atoms with Gasteiger partial charge in [-0.3, -0.25) is 14.6 Å². The number of ether oxygens (including phenoxy) is 1. The van der Waals surface area contributed by atoms with E-state index in [9.17, 15) is 9.59 Å². The first kappa shape index (κ1) is 22.5. The van der Waals surface area contributed by atoms with Gasteiger partial charge in [0, 0.05) is 25.2 Å². The lowest BCUT2D eigenvalue weighted by Crippen LogP contribution is -2.48. The van der Waals surface area contributed by atoms with Crippen LogP contribution in [0.3, 0.4) is 0 Å². The molecule has 0 spiro atoms. The molecule has 2 aliphatic rings. The zero-order valence-corrected chi connectivity index (χ0v) is 19.2. The number of carbonyl (C=O) groups is 2. The maximum Gasteiger partial charge on any atom is 0.242 e. The molecule has 0 radical (unpaired) electrons. The van der Waals surface area contributed by atoms with Gasteiger partial charge in [0.25, 0.3) is 0 Å². The summed E-state index contributed by atoms with van der Waals surface area (Å²) in [5.74, 6) is 0.0999. The zero-order valence-electron chi connectivity index (χ0n) is 19.2. The average molecular weight is 436 g/mol. The molecule has 2 amide bonds. The minimum Gasteiger partial charge on any atom is -0.368 e. The summed E-state index contributed by atoms with van der Waals surface area (Å²) in [6.07, 6.45) is 4.10. The quantitative estimate of drug-likeness (QED) is 0.720. The Labute approximate surface area is 190 Å². The Morgan fingerprint density at radius 2 is 1.88 bits per heavy atom. The molecule has 0 N–H and O–H groups in total. The third kappa shape index (κ3) is 5.74. The zero-order chi connectivity index (χ0) is 22.5. The first-order chi connectivity index (χ1) is 15.5. The normalized spacial score (nSPS) is 19.7. The molecule has 32 heavy (non-hydrogen) atoms. The van der Waals surface area contributed by atoms with Crippen molar-refractivity contribution in [1.82, 2.24) is 14.8 Å². The molecule has 170 valence electrons. The molecule has 0 saturated carbocycles. The molecule has 2 aromatic rings. The Bertz CT molecular complexity index is 957. The summed E-state index contributed by atoms with van der Waals surface area (Å²) >= 11 is 0. The second-order valence-corrected chi connectivity index (χ2v) is 9.03. The van der Waals surface area contributed by atoms with Gasteiger partial charge >= 0.3 is 0 Å². The molecule has 1 aromatic heterocycles. The van der Waals surface area contributed by atoms with Crippen molar-refractivity contribution >= 4 is 11.8 Å². The van der Waals surface area contributed by atoms with Crippen LogP contribution in [-0.2, 0) is 20.7 Å². The van der Waals surface area contributed by atoms with E-state index in [-0.39, 0.29) is 24.5 Å². The van der Waals surface area contributed by atoms with Crippen molar-refractivity contribution in [3.8, 4) is 0 Å². The molecule has 6 nitrogen and oxygen atoms in total. The summed E-state index contributed by atoms with van der Waals surface area (Å²) < 4.78 is 6.01. The molecule has 2 aliphatic heterocycles. The van der Waals surface area contributed by atoms with E-state index in [0.717, 1.165) is 37.1 Å². The van der Waals surface area contributed by atoms with Gasteiger partial charge in [0.15, 0.2) is 0 Å². The predicted octanol–water partition coefficient (Wildman–Crippen LogP) is 3.59. The Hall–Kier alpha value is -2.73. The maximum absolute atomic E-state index is 13.0. The van der Waals surface area contributed by atoms with Crippen LogP contribution in [0, 0.1) is 13.8 Å². The molecule has 6 heteroatoms. The second kappa shape index (κ2) is 10.3. The van der Waals surface area contributed by atoms with Crippen LogP contribution in [0.4, 0.5) is 0 Å². The highest BCUT2D eigenvalue weighted by Gasteiger charge is 2.29. The number of hydrogen-bond donors (Lipinski definition) is 0. The van der Waals surface area contributed by atoms with Gasteiger partial charge in [0.05, 0.1) is 25.4 Å². The number of pyridine rings is 1.